The molecule has 3 nitrogen and oxygen atoms in total. The van der Waals surface area contributed by atoms with Crippen LogP contribution in [0, 0.1) is 0 Å². The second-order valence-electron chi connectivity index (χ2n) is 4.96. The van der Waals surface area contributed by atoms with Gasteiger partial charge in [-0.3, -0.25) is 4.90 Å². The molecule has 1 aliphatic rings. The first-order chi connectivity index (χ1) is 8.31. The Morgan fingerprint density at radius 1 is 1.47 bits per heavy atom. The van der Waals surface area contributed by atoms with Gasteiger partial charge in [0.05, 0.1) is 12.8 Å². The van der Waals surface area contributed by atoms with E-state index in [-0.39, 0.29) is 0 Å². The van der Waals surface area contributed by atoms with Crippen LogP contribution < -0.4 is 5.32 Å². The SMILES string of the molecule is CCNCc1ccoc1CN1CCCCC1C. The van der Waals surface area contributed by atoms with Crippen LogP contribution in [0.15, 0.2) is 16.7 Å². The van der Waals surface area contributed by atoms with E-state index >= 15 is 0 Å². The first-order valence-corrected chi connectivity index (χ1v) is 6.81. The van der Waals surface area contributed by atoms with Gasteiger partial charge >= 0.3 is 0 Å². The molecule has 0 aliphatic carbocycles. The number of piperidine rings is 1. The van der Waals surface area contributed by atoms with E-state index in [0.29, 0.717) is 6.04 Å². The zero-order chi connectivity index (χ0) is 12.1. The highest BCUT2D eigenvalue weighted by molar-refractivity contribution is 5.17. The Hall–Kier alpha value is -0.800. The molecule has 1 aromatic heterocycles. The quantitative estimate of drug-likeness (QED) is 0.852. The molecule has 0 bridgehead atoms. The number of nitrogens with one attached hydrogen (secondary N) is 1. The summed E-state index contributed by atoms with van der Waals surface area (Å²) in [7, 11) is 0. The molecule has 0 aromatic carbocycles. The normalized spacial score (nSPS) is 21.9. The van der Waals surface area contributed by atoms with Crippen LogP contribution >= 0.6 is 0 Å². The molecule has 0 radical (unpaired) electrons. The summed E-state index contributed by atoms with van der Waals surface area (Å²) >= 11 is 0. The predicted octanol–water partition coefficient (Wildman–Crippen LogP) is 2.76. The van der Waals surface area contributed by atoms with Crippen LogP contribution in [0.2, 0.25) is 0 Å². The van der Waals surface area contributed by atoms with Crippen LogP contribution in [-0.2, 0) is 13.1 Å². The van der Waals surface area contributed by atoms with E-state index in [4.69, 9.17) is 4.42 Å². The fourth-order valence-electron chi connectivity index (χ4n) is 2.50. The molecule has 0 spiro atoms. The minimum Gasteiger partial charge on any atom is -0.468 e. The zero-order valence-corrected chi connectivity index (χ0v) is 11.0. The van der Waals surface area contributed by atoms with Crippen LogP contribution in [0.25, 0.3) is 0 Å². The van der Waals surface area contributed by atoms with E-state index in [2.05, 4.69) is 30.1 Å². The lowest BCUT2D eigenvalue weighted by molar-refractivity contribution is 0.141. The van der Waals surface area contributed by atoms with Gasteiger partial charge in [-0.25, -0.2) is 0 Å². The average molecular weight is 236 g/mol. The lowest BCUT2D eigenvalue weighted by Gasteiger charge is -2.32. The number of furan rings is 1. The van der Waals surface area contributed by atoms with E-state index in [1.54, 1.807) is 0 Å². The smallest absolute Gasteiger partial charge is 0.122 e. The van der Waals surface area contributed by atoms with Gasteiger partial charge in [0.15, 0.2) is 0 Å². The van der Waals surface area contributed by atoms with Gasteiger partial charge in [0.2, 0.25) is 0 Å². The van der Waals surface area contributed by atoms with Gasteiger partial charge in [-0.1, -0.05) is 13.3 Å². The van der Waals surface area contributed by atoms with Crippen molar-refractivity contribution in [3.8, 4) is 0 Å². The summed E-state index contributed by atoms with van der Waals surface area (Å²) in [6, 6.07) is 2.79. The van der Waals surface area contributed by atoms with E-state index in [1.165, 1.54) is 31.4 Å². The van der Waals surface area contributed by atoms with E-state index in [9.17, 15) is 0 Å². The van der Waals surface area contributed by atoms with E-state index in [0.717, 1.165) is 25.4 Å². The van der Waals surface area contributed by atoms with Crippen LogP contribution in [0.4, 0.5) is 0 Å². The summed E-state index contributed by atoms with van der Waals surface area (Å²) in [6.45, 7) is 8.56. The molecule has 1 aliphatic heterocycles. The summed E-state index contributed by atoms with van der Waals surface area (Å²) in [4.78, 5) is 2.54. The Kier molecular flexibility index (Phi) is 4.63. The van der Waals surface area contributed by atoms with Gasteiger partial charge in [0.1, 0.15) is 5.76 Å². The van der Waals surface area contributed by atoms with Crippen LogP contribution in [-0.4, -0.2) is 24.0 Å². The fraction of sp³-hybridized carbons (Fsp3) is 0.714. The van der Waals surface area contributed by atoms with Gasteiger partial charge in [-0.05, 0) is 38.9 Å². The van der Waals surface area contributed by atoms with Crippen molar-refractivity contribution in [2.75, 3.05) is 13.1 Å². The number of rotatable bonds is 5. The maximum absolute atomic E-state index is 5.63. The first kappa shape index (κ1) is 12.7. The van der Waals surface area contributed by atoms with Crippen LogP contribution in [0.3, 0.4) is 0 Å². The van der Waals surface area contributed by atoms with Crippen LogP contribution in [0.5, 0.6) is 0 Å². The summed E-state index contributed by atoms with van der Waals surface area (Å²) in [5.41, 5.74) is 1.31. The largest absolute Gasteiger partial charge is 0.468 e. The predicted molar refractivity (Wildman–Crippen MR) is 69.8 cm³/mol. The molecule has 0 amide bonds. The zero-order valence-electron chi connectivity index (χ0n) is 11.0. The first-order valence-electron chi connectivity index (χ1n) is 6.81. The Bertz CT molecular complexity index is 335. The number of hydrogen-bond donors (Lipinski definition) is 1. The number of hydrogen-bond acceptors (Lipinski definition) is 3. The standard InChI is InChI=1S/C14H24N2O/c1-3-15-10-13-7-9-17-14(13)11-16-8-5-4-6-12(16)2/h7,9,12,15H,3-6,8,10-11H2,1-2H3. The lowest BCUT2D eigenvalue weighted by Crippen LogP contribution is -2.36. The van der Waals surface area contributed by atoms with Crippen molar-refractivity contribution in [2.24, 2.45) is 0 Å². The highest BCUT2D eigenvalue weighted by Crippen LogP contribution is 2.21. The molecular formula is C14H24N2O. The molecule has 2 rings (SSSR count). The minimum atomic E-state index is 0.695. The Morgan fingerprint density at radius 2 is 2.35 bits per heavy atom. The second-order valence-corrected chi connectivity index (χ2v) is 4.96. The third kappa shape index (κ3) is 3.33. The van der Waals surface area contributed by atoms with Crippen molar-refractivity contribution in [3.05, 3.63) is 23.7 Å². The molecule has 0 saturated carbocycles. The third-order valence-corrected chi connectivity index (χ3v) is 3.69. The third-order valence-electron chi connectivity index (χ3n) is 3.69. The topological polar surface area (TPSA) is 28.4 Å². The monoisotopic (exact) mass is 236 g/mol. The summed E-state index contributed by atoms with van der Waals surface area (Å²) in [5.74, 6) is 1.14. The maximum atomic E-state index is 5.63. The van der Waals surface area contributed by atoms with Crippen molar-refractivity contribution >= 4 is 0 Å². The molecule has 17 heavy (non-hydrogen) atoms. The highest BCUT2D eigenvalue weighted by atomic mass is 16.3. The molecule has 1 N–H and O–H groups in total. The van der Waals surface area contributed by atoms with Crippen molar-refractivity contribution < 1.29 is 4.42 Å². The number of nitrogens with zero attached hydrogens (tertiary/aromatic N) is 1. The van der Waals surface area contributed by atoms with Gasteiger partial charge in [-0.15, -0.1) is 0 Å². The van der Waals surface area contributed by atoms with Crippen molar-refractivity contribution in [3.63, 3.8) is 0 Å². The summed E-state index contributed by atoms with van der Waals surface area (Å²) in [6.07, 6.45) is 5.84. The Morgan fingerprint density at radius 3 is 3.12 bits per heavy atom. The van der Waals surface area contributed by atoms with Gasteiger partial charge in [0, 0.05) is 18.2 Å². The van der Waals surface area contributed by atoms with E-state index in [1.807, 2.05) is 6.26 Å². The maximum Gasteiger partial charge on any atom is 0.122 e. The second kappa shape index (κ2) is 6.22. The molecular weight excluding hydrogens is 212 g/mol. The molecule has 1 unspecified atom stereocenters. The van der Waals surface area contributed by atoms with Gasteiger partial charge in [-0.2, -0.15) is 0 Å². The minimum absolute atomic E-state index is 0.695. The lowest BCUT2D eigenvalue weighted by atomic mass is 10.0. The molecule has 1 aromatic rings. The molecule has 2 heterocycles. The Labute approximate surface area is 104 Å². The van der Waals surface area contributed by atoms with E-state index < -0.39 is 0 Å². The van der Waals surface area contributed by atoms with Crippen molar-refractivity contribution in [2.45, 2.75) is 52.2 Å². The van der Waals surface area contributed by atoms with Crippen LogP contribution in [0.1, 0.15) is 44.4 Å². The summed E-state index contributed by atoms with van der Waals surface area (Å²) in [5, 5.41) is 3.36. The highest BCUT2D eigenvalue weighted by Gasteiger charge is 2.20. The van der Waals surface area contributed by atoms with Crippen molar-refractivity contribution in [1.82, 2.24) is 10.2 Å². The Balaban J connectivity index is 1.95. The summed E-state index contributed by atoms with van der Waals surface area (Å²) < 4.78 is 5.63. The van der Waals surface area contributed by atoms with Gasteiger partial charge < -0.3 is 9.73 Å². The molecule has 1 saturated heterocycles. The average Bonchev–Trinajstić information content (AvgIpc) is 2.77. The van der Waals surface area contributed by atoms with Gasteiger partial charge in [0.25, 0.3) is 0 Å². The molecule has 3 heteroatoms. The molecule has 1 atom stereocenters. The molecule has 1 fully saturated rings. The number of likely N-dealkylation sites (tertiary alicyclic amines) is 1. The van der Waals surface area contributed by atoms with Crippen molar-refractivity contribution in [1.29, 1.82) is 0 Å². The molecule has 96 valence electrons. The fourth-order valence-corrected chi connectivity index (χ4v) is 2.50.